The molecule has 2 aliphatic carbocycles. The van der Waals surface area contributed by atoms with Gasteiger partial charge in [-0.2, -0.15) is 12.6 Å². The van der Waals surface area contributed by atoms with Crippen LogP contribution in [0.25, 0.3) is 0 Å². The minimum absolute atomic E-state index is 0.242. The van der Waals surface area contributed by atoms with Crippen molar-refractivity contribution < 1.29 is 4.79 Å². The molecule has 0 bridgehead atoms. The summed E-state index contributed by atoms with van der Waals surface area (Å²) in [5, 5.41) is 3.27. The number of hydrogen-bond acceptors (Lipinski definition) is 2. The summed E-state index contributed by atoms with van der Waals surface area (Å²) in [4.78, 5) is 12.1. The predicted octanol–water partition coefficient (Wildman–Crippen LogP) is 3.17. The summed E-state index contributed by atoms with van der Waals surface area (Å²) in [6.07, 6.45) is 7.98. The first-order valence-electron chi connectivity index (χ1n) is 6.88. The molecule has 2 rings (SSSR count). The van der Waals surface area contributed by atoms with Crippen LogP contribution in [0.5, 0.6) is 0 Å². The highest BCUT2D eigenvalue weighted by atomic mass is 32.1. The third kappa shape index (κ3) is 3.18. The first-order valence-corrected chi connectivity index (χ1v) is 7.51. The SMILES string of the molecule is CC1(C)CCCCC1NC(=O)CC1(CS)CC1. The van der Waals surface area contributed by atoms with Crippen LogP contribution in [-0.2, 0) is 4.79 Å². The van der Waals surface area contributed by atoms with Gasteiger partial charge in [0.15, 0.2) is 0 Å². The van der Waals surface area contributed by atoms with Crippen LogP contribution >= 0.6 is 12.6 Å². The van der Waals surface area contributed by atoms with E-state index in [0.717, 1.165) is 12.2 Å². The van der Waals surface area contributed by atoms with Crippen molar-refractivity contribution in [3.63, 3.8) is 0 Å². The summed E-state index contributed by atoms with van der Waals surface area (Å²) >= 11 is 4.36. The van der Waals surface area contributed by atoms with Crippen molar-refractivity contribution >= 4 is 18.5 Å². The molecule has 0 radical (unpaired) electrons. The van der Waals surface area contributed by atoms with E-state index < -0.39 is 0 Å². The molecule has 2 aliphatic rings. The lowest BCUT2D eigenvalue weighted by molar-refractivity contribution is -0.124. The van der Waals surface area contributed by atoms with E-state index in [-0.39, 0.29) is 16.7 Å². The minimum Gasteiger partial charge on any atom is -0.353 e. The standard InChI is InChI=1S/C14H25NOS/c1-13(2)6-4-3-5-11(13)15-12(16)9-14(10-17)7-8-14/h11,17H,3-10H2,1-2H3,(H,15,16). The van der Waals surface area contributed by atoms with E-state index >= 15 is 0 Å². The molecule has 17 heavy (non-hydrogen) atoms. The second-order valence-corrected chi connectivity index (χ2v) is 7.01. The van der Waals surface area contributed by atoms with Crippen molar-refractivity contribution in [1.29, 1.82) is 0 Å². The molecule has 2 nitrogen and oxygen atoms in total. The maximum atomic E-state index is 12.1. The largest absolute Gasteiger partial charge is 0.353 e. The summed E-state index contributed by atoms with van der Waals surface area (Å²) in [5.74, 6) is 1.10. The number of nitrogens with one attached hydrogen (secondary N) is 1. The van der Waals surface area contributed by atoms with Gasteiger partial charge in [-0.3, -0.25) is 4.79 Å². The number of hydrogen-bond donors (Lipinski definition) is 2. The number of carbonyl (C=O) groups excluding carboxylic acids is 1. The second-order valence-electron chi connectivity index (χ2n) is 6.69. The molecule has 0 aromatic heterocycles. The van der Waals surface area contributed by atoms with Gasteiger partial charge in [-0.15, -0.1) is 0 Å². The van der Waals surface area contributed by atoms with E-state index in [0.29, 0.717) is 12.5 Å². The molecule has 0 aliphatic heterocycles. The smallest absolute Gasteiger partial charge is 0.220 e. The Labute approximate surface area is 110 Å². The second kappa shape index (κ2) is 4.83. The fourth-order valence-corrected chi connectivity index (χ4v) is 3.34. The van der Waals surface area contributed by atoms with Gasteiger partial charge in [0, 0.05) is 12.5 Å². The maximum Gasteiger partial charge on any atom is 0.220 e. The molecule has 1 amide bonds. The minimum atomic E-state index is 0.242. The van der Waals surface area contributed by atoms with Crippen molar-refractivity contribution in [3.8, 4) is 0 Å². The van der Waals surface area contributed by atoms with Gasteiger partial charge in [0.2, 0.25) is 5.91 Å². The molecule has 1 N–H and O–H groups in total. The fraction of sp³-hybridized carbons (Fsp3) is 0.929. The van der Waals surface area contributed by atoms with Gasteiger partial charge in [0.05, 0.1) is 0 Å². The van der Waals surface area contributed by atoms with Crippen LogP contribution in [0.15, 0.2) is 0 Å². The lowest BCUT2D eigenvalue weighted by atomic mass is 9.73. The van der Waals surface area contributed by atoms with Crippen molar-refractivity contribution in [2.24, 2.45) is 10.8 Å². The third-order valence-corrected chi connectivity index (χ3v) is 5.34. The molecule has 0 heterocycles. The summed E-state index contributed by atoms with van der Waals surface area (Å²) in [5.41, 5.74) is 0.512. The van der Waals surface area contributed by atoms with Gasteiger partial charge in [-0.05, 0) is 42.3 Å². The van der Waals surface area contributed by atoms with Gasteiger partial charge >= 0.3 is 0 Å². The quantitative estimate of drug-likeness (QED) is 0.742. The van der Waals surface area contributed by atoms with Crippen molar-refractivity contribution in [2.75, 3.05) is 5.75 Å². The molecular weight excluding hydrogens is 230 g/mol. The highest BCUT2D eigenvalue weighted by Crippen LogP contribution is 2.49. The monoisotopic (exact) mass is 255 g/mol. The lowest BCUT2D eigenvalue weighted by Gasteiger charge is -2.39. The molecule has 0 aromatic rings. The molecule has 98 valence electrons. The van der Waals surface area contributed by atoms with Crippen LogP contribution in [0.2, 0.25) is 0 Å². The zero-order valence-electron chi connectivity index (χ0n) is 11.1. The zero-order chi connectivity index (χ0) is 12.5. The van der Waals surface area contributed by atoms with Crippen molar-refractivity contribution in [3.05, 3.63) is 0 Å². The third-order valence-electron chi connectivity index (χ3n) is 4.67. The first kappa shape index (κ1) is 13.3. The Kier molecular flexibility index (Phi) is 3.77. The Morgan fingerprint density at radius 2 is 2.00 bits per heavy atom. The van der Waals surface area contributed by atoms with Gasteiger partial charge in [0.1, 0.15) is 0 Å². The molecule has 3 heteroatoms. The normalized spacial score (nSPS) is 29.7. The van der Waals surface area contributed by atoms with E-state index in [1.165, 1.54) is 32.1 Å². The molecule has 1 atom stereocenters. The van der Waals surface area contributed by atoms with Crippen LogP contribution in [0.3, 0.4) is 0 Å². The van der Waals surface area contributed by atoms with Crippen LogP contribution in [0.1, 0.15) is 58.8 Å². The van der Waals surface area contributed by atoms with Crippen LogP contribution in [0, 0.1) is 10.8 Å². The van der Waals surface area contributed by atoms with E-state index in [1.807, 2.05) is 0 Å². The highest BCUT2D eigenvalue weighted by molar-refractivity contribution is 7.80. The Bertz CT molecular complexity index is 297. The summed E-state index contributed by atoms with van der Waals surface area (Å²) in [6, 6.07) is 0.375. The van der Waals surface area contributed by atoms with Crippen LogP contribution < -0.4 is 5.32 Å². The van der Waals surface area contributed by atoms with Crippen molar-refractivity contribution in [1.82, 2.24) is 5.32 Å². The van der Waals surface area contributed by atoms with E-state index in [9.17, 15) is 4.79 Å². The van der Waals surface area contributed by atoms with Gasteiger partial charge in [0.25, 0.3) is 0 Å². The Balaban J connectivity index is 1.85. The van der Waals surface area contributed by atoms with Gasteiger partial charge < -0.3 is 5.32 Å². The number of carbonyl (C=O) groups is 1. The molecule has 0 aromatic carbocycles. The Morgan fingerprint density at radius 1 is 1.29 bits per heavy atom. The fourth-order valence-electron chi connectivity index (χ4n) is 2.92. The summed E-state index contributed by atoms with van der Waals surface area (Å²) in [7, 11) is 0. The molecule has 2 saturated carbocycles. The Hall–Kier alpha value is -0.180. The van der Waals surface area contributed by atoms with Crippen LogP contribution in [-0.4, -0.2) is 17.7 Å². The lowest BCUT2D eigenvalue weighted by Crippen LogP contribution is -2.47. The van der Waals surface area contributed by atoms with E-state index in [1.54, 1.807) is 0 Å². The van der Waals surface area contributed by atoms with Gasteiger partial charge in [-0.1, -0.05) is 26.7 Å². The summed E-state index contributed by atoms with van der Waals surface area (Å²) < 4.78 is 0. The maximum absolute atomic E-state index is 12.1. The number of thiol groups is 1. The zero-order valence-corrected chi connectivity index (χ0v) is 12.0. The van der Waals surface area contributed by atoms with Gasteiger partial charge in [-0.25, -0.2) is 0 Å². The summed E-state index contributed by atoms with van der Waals surface area (Å²) in [6.45, 7) is 4.56. The molecule has 1 unspecified atom stereocenters. The predicted molar refractivity (Wildman–Crippen MR) is 74.3 cm³/mol. The van der Waals surface area contributed by atoms with E-state index in [4.69, 9.17) is 0 Å². The average Bonchev–Trinajstić information content (AvgIpc) is 3.02. The molecular formula is C14H25NOS. The van der Waals surface area contributed by atoms with Crippen LogP contribution in [0.4, 0.5) is 0 Å². The highest BCUT2D eigenvalue weighted by Gasteiger charge is 2.43. The van der Waals surface area contributed by atoms with E-state index in [2.05, 4.69) is 31.8 Å². The number of amides is 1. The Morgan fingerprint density at radius 3 is 2.53 bits per heavy atom. The van der Waals surface area contributed by atoms with Crippen molar-refractivity contribution in [2.45, 2.75) is 64.8 Å². The molecule has 0 spiro atoms. The molecule has 0 saturated heterocycles. The topological polar surface area (TPSA) is 29.1 Å². The molecule has 2 fully saturated rings. The number of rotatable bonds is 4. The first-order chi connectivity index (χ1) is 7.97. The average molecular weight is 255 g/mol.